The first-order chi connectivity index (χ1) is 6.79. The molecule has 0 aromatic heterocycles. The predicted molar refractivity (Wildman–Crippen MR) is 50.1 cm³/mol. The standard InChI is InChI=1S/C10H9NO3/c12-6-14-8-2-3-9-7(5-8)1-4-10(13)11-9/h2-3,5-6H,1,4H2,(H,11,13). The molecule has 0 unspecified atom stereocenters. The van der Waals surface area contributed by atoms with Gasteiger partial charge in [0, 0.05) is 12.1 Å². The molecule has 0 bridgehead atoms. The molecule has 1 aliphatic heterocycles. The summed E-state index contributed by atoms with van der Waals surface area (Å²) in [5, 5.41) is 2.75. The fourth-order valence-electron chi connectivity index (χ4n) is 1.49. The number of hydrogen-bond acceptors (Lipinski definition) is 3. The van der Waals surface area contributed by atoms with E-state index in [9.17, 15) is 9.59 Å². The third-order valence-electron chi connectivity index (χ3n) is 2.16. The number of hydrogen-bond donors (Lipinski definition) is 1. The molecule has 1 aromatic rings. The number of anilines is 1. The normalized spacial score (nSPS) is 14.1. The number of carbonyl (C=O) groups is 2. The van der Waals surface area contributed by atoms with E-state index in [2.05, 4.69) is 5.32 Å². The maximum absolute atomic E-state index is 11.0. The Morgan fingerprint density at radius 1 is 1.36 bits per heavy atom. The van der Waals surface area contributed by atoms with Crippen LogP contribution in [0.5, 0.6) is 5.75 Å². The highest BCUT2D eigenvalue weighted by molar-refractivity contribution is 5.94. The largest absolute Gasteiger partial charge is 0.429 e. The number of carbonyl (C=O) groups excluding carboxylic acids is 2. The second-order valence-corrected chi connectivity index (χ2v) is 3.08. The molecule has 0 spiro atoms. The van der Waals surface area contributed by atoms with E-state index in [0.717, 1.165) is 11.3 Å². The Balaban J connectivity index is 2.31. The molecule has 0 saturated carbocycles. The van der Waals surface area contributed by atoms with Gasteiger partial charge >= 0.3 is 0 Å². The quantitative estimate of drug-likeness (QED) is 0.712. The zero-order valence-electron chi connectivity index (χ0n) is 7.45. The highest BCUT2D eigenvalue weighted by Gasteiger charge is 2.14. The van der Waals surface area contributed by atoms with E-state index >= 15 is 0 Å². The van der Waals surface area contributed by atoms with Gasteiger partial charge < -0.3 is 10.1 Å². The van der Waals surface area contributed by atoms with E-state index in [1.54, 1.807) is 18.2 Å². The zero-order valence-corrected chi connectivity index (χ0v) is 7.45. The first-order valence-corrected chi connectivity index (χ1v) is 4.32. The Kier molecular flexibility index (Phi) is 2.18. The van der Waals surface area contributed by atoms with Crippen molar-refractivity contribution in [1.82, 2.24) is 0 Å². The van der Waals surface area contributed by atoms with E-state index in [1.165, 1.54) is 0 Å². The van der Waals surface area contributed by atoms with Gasteiger partial charge in [-0.2, -0.15) is 0 Å². The fourth-order valence-corrected chi connectivity index (χ4v) is 1.49. The summed E-state index contributed by atoms with van der Waals surface area (Å²) < 4.78 is 4.71. The first kappa shape index (κ1) is 8.74. The van der Waals surface area contributed by atoms with Crippen LogP contribution in [0.4, 0.5) is 5.69 Å². The summed E-state index contributed by atoms with van der Waals surface area (Å²) >= 11 is 0. The van der Waals surface area contributed by atoms with Gasteiger partial charge in [-0.1, -0.05) is 0 Å². The minimum atomic E-state index is 0.0292. The highest BCUT2D eigenvalue weighted by Crippen LogP contribution is 2.26. The molecule has 0 saturated heterocycles. The molecular weight excluding hydrogens is 182 g/mol. The molecule has 0 radical (unpaired) electrons. The van der Waals surface area contributed by atoms with Gasteiger partial charge in [0.2, 0.25) is 5.91 Å². The average molecular weight is 191 g/mol. The fraction of sp³-hybridized carbons (Fsp3) is 0.200. The lowest BCUT2D eigenvalue weighted by Crippen LogP contribution is -2.18. The second-order valence-electron chi connectivity index (χ2n) is 3.08. The Morgan fingerprint density at radius 3 is 3.00 bits per heavy atom. The molecule has 1 amide bonds. The maximum Gasteiger partial charge on any atom is 0.298 e. The molecule has 1 N–H and O–H groups in total. The Bertz CT molecular complexity index is 387. The molecule has 1 heterocycles. The Morgan fingerprint density at radius 2 is 2.21 bits per heavy atom. The summed E-state index contributed by atoms with van der Waals surface area (Å²) in [5.74, 6) is 0.538. The molecular formula is C10H9NO3. The van der Waals surface area contributed by atoms with Crippen molar-refractivity contribution in [1.29, 1.82) is 0 Å². The van der Waals surface area contributed by atoms with Gasteiger partial charge in [-0.15, -0.1) is 0 Å². The summed E-state index contributed by atoms with van der Waals surface area (Å²) in [4.78, 5) is 21.1. The first-order valence-electron chi connectivity index (χ1n) is 4.32. The lowest BCUT2D eigenvalue weighted by molar-refractivity contribution is -0.120. The summed E-state index contributed by atoms with van der Waals surface area (Å²) in [7, 11) is 0. The molecule has 0 atom stereocenters. The predicted octanol–water partition coefficient (Wildman–Crippen LogP) is 1.11. The van der Waals surface area contributed by atoms with E-state index < -0.39 is 0 Å². The number of aryl methyl sites for hydroxylation is 1. The summed E-state index contributed by atoms with van der Waals surface area (Å²) in [5.41, 5.74) is 1.81. The van der Waals surface area contributed by atoms with Crippen LogP contribution >= 0.6 is 0 Å². The molecule has 2 rings (SSSR count). The van der Waals surface area contributed by atoms with Gasteiger partial charge in [0.1, 0.15) is 5.75 Å². The van der Waals surface area contributed by atoms with Gasteiger partial charge in [0.05, 0.1) is 0 Å². The van der Waals surface area contributed by atoms with Crippen molar-refractivity contribution >= 4 is 18.1 Å². The van der Waals surface area contributed by atoms with Crippen molar-refractivity contribution in [2.75, 3.05) is 5.32 Å². The van der Waals surface area contributed by atoms with Crippen molar-refractivity contribution in [3.63, 3.8) is 0 Å². The van der Waals surface area contributed by atoms with E-state index in [-0.39, 0.29) is 5.91 Å². The van der Waals surface area contributed by atoms with Crippen LogP contribution in [0.25, 0.3) is 0 Å². The van der Waals surface area contributed by atoms with Crippen LogP contribution in [0.3, 0.4) is 0 Å². The summed E-state index contributed by atoms with van der Waals surface area (Å²) in [6.45, 7) is 0.392. The van der Waals surface area contributed by atoms with Crippen molar-refractivity contribution < 1.29 is 14.3 Å². The smallest absolute Gasteiger partial charge is 0.298 e. The van der Waals surface area contributed by atoms with E-state index in [1.807, 2.05) is 0 Å². The topological polar surface area (TPSA) is 55.4 Å². The molecule has 1 aliphatic rings. The lowest BCUT2D eigenvalue weighted by atomic mass is 10.0. The number of ether oxygens (including phenoxy) is 1. The highest BCUT2D eigenvalue weighted by atomic mass is 16.5. The van der Waals surface area contributed by atoms with Gasteiger partial charge in [-0.25, -0.2) is 0 Å². The van der Waals surface area contributed by atoms with Crippen LogP contribution in [0.1, 0.15) is 12.0 Å². The molecule has 4 nitrogen and oxygen atoms in total. The van der Waals surface area contributed by atoms with Crippen LogP contribution in [0, 0.1) is 0 Å². The van der Waals surface area contributed by atoms with Crippen LogP contribution in [0.15, 0.2) is 18.2 Å². The Hall–Kier alpha value is -1.84. The number of rotatable bonds is 2. The van der Waals surface area contributed by atoms with Gasteiger partial charge in [-0.3, -0.25) is 9.59 Å². The number of nitrogens with one attached hydrogen (secondary N) is 1. The van der Waals surface area contributed by atoms with E-state index in [0.29, 0.717) is 25.1 Å². The van der Waals surface area contributed by atoms with E-state index in [4.69, 9.17) is 4.74 Å². The van der Waals surface area contributed by atoms with Gasteiger partial charge in [0.25, 0.3) is 6.47 Å². The summed E-state index contributed by atoms with van der Waals surface area (Å²) in [6, 6.07) is 5.16. The van der Waals surface area contributed by atoms with Crippen LogP contribution < -0.4 is 10.1 Å². The Labute approximate surface area is 80.9 Å². The van der Waals surface area contributed by atoms with Crippen molar-refractivity contribution in [2.24, 2.45) is 0 Å². The van der Waals surface area contributed by atoms with Gasteiger partial charge in [-0.05, 0) is 30.2 Å². The summed E-state index contributed by atoms with van der Waals surface area (Å²) in [6.07, 6.45) is 1.18. The molecule has 0 fully saturated rings. The number of fused-ring (bicyclic) bond motifs is 1. The van der Waals surface area contributed by atoms with Crippen molar-refractivity contribution in [3.8, 4) is 5.75 Å². The van der Waals surface area contributed by atoms with Crippen LogP contribution in [-0.4, -0.2) is 12.4 Å². The lowest BCUT2D eigenvalue weighted by Gasteiger charge is -2.16. The van der Waals surface area contributed by atoms with Crippen LogP contribution in [-0.2, 0) is 16.0 Å². The SMILES string of the molecule is O=COc1ccc2c(c1)CCC(=O)N2. The minimum Gasteiger partial charge on any atom is -0.429 e. The van der Waals surface area contributed by atoms with Crippen LogP contribution in [0.2, 0.25) is 0 Å². The molecule has 72 valence electrons. The molecule has 14 heavy (non-hydrogen) atoms. The second kappa shape index (κ2) is 3.49. The monoisotopic (exact) mass is 191 g/mol. The maximum atomic E-state index is 11.0. The average Bonchev–Trinajstić information content (AvgIpc) is 2.19. The number of benzene rings is 1. The third kappa shape index (κ3) is 1.59. The molecule has 0 aliphatic carbocycles. The molecule has 1 aromatic carbocycles. The third-order valence-corrected chi connectivity index (χ3v) is 2.16. The van der Waals surface area contributed by atoms with Crippen molar-refractivity contribution in [3.05, 3.63) is 23.8 Å². The van der Waals surface area contributed by atoms with Crippen molar-refractivity contribution in [2.45, 2.75) is 12.8 Å². The zero-order chi connectivity index (χ0) is 9.97. The minimum absolute atomic E-state index is 0.0292. The number of amides is 1. The van der Waals surface area contributed by atoms with Gasteiger partial charge in [0.15, 0.2) is 0 Å². The molecule has 4 heteroatoms.